The van der Waals surface area contributed by atoms with E-state index in [-0.39, 0.29) is 12.0 Å². The van der Waals surface area contributed by atoms with E-state index in [4.69, 9.17) is 0 Å². The molecule has 76 valence electrons. The van der Waals surface area contributed by atoms with E-state index in [1.54, 1.807) is 4.68 Å². The topological polar surface area (TPSA) is 47.8 Å². The average molecular weight is 193 g/mol. The highest BCUT2D eigenvalue weighted by atomic mass is 16.1. The van der Waals surface area contributed by atoms with Crippen molar-refractivity contribution in [1.29, 1.82) is 0 Å². The second-order valence-electron chi connectivity index (χ2n) is 4.27. The Morgan fingerprint density at radius 1 is 1.57 bits per heavy atom. The molecule has 0 amide bonds. The molecule has 1 atom stereocenters. The highest BCUT2D eigenvalue weighted by Crippen LogP contribution is 2.38. The first-order valence-corrected chi connectivity index (χ1v) is 5.09. The third-order valence-electron chi connectivity index (χ3n) is 2.65. The molecule has 1 aliphatic rings. The Balaban J connectivity index is 2.17. The Morgan fingerprint density at radius 2 is 2.29 bits per heavy atom. The molecule has 4 heteroatoms. The molecule has 0 aromatic carbocycles. The van der Waals surface area contributed by atoms with Gasteiger partial charge in [-0.3, -0.25) is 0 Å². The van der Waals surface area contributed by atoms with Crippen LogP contribution in [0.1, 0.15) is 44.3 Å². The van der Waals surface area contributed by atoms with Crippen LogP contribution in [-0.2, 0) is 4.79 Å². The standard InChI is InChI=1S/C10H15N3O/c1-7(2)10(6-14)13-5-9(11-12-13)8-3-4-8/h5-8,10H,3-4H2,1-2H3/t10-/m0/s1. The van der Waals surface area contributed by atoms with E-state index >= 15 is 0 Å². The zero-order valence-electron chi connectivity index (χ0n) is 8.55. The van der Waals surface area contributed by atoms with Gasteiger partial charge in [0, 0.05) is 12.1 Å². The molecule has 1 fully saturated rings. The van der Waals surface area contributed by atoms with Crippen molar-refractivity contribution in [3.63, 3.8) is 0 Å². The van der Waals surface area contributed by atoms with Crippen molar-refractivity contribution in [3.8, 4) is 0 Å². The van der Waals surface area contributed by atoms with Gasteiger partial charge in [0.15, 0.2) is 0 Å². The fourth-order valence-corrected chi connectivity index (χ4v) is 1.53. The van der Waals surface area contributed by atoms with Crippen molar-refractivity contribution in [1.82, 2.24) is 15.0 Å². The van der Waals surface area contributed by atoms with Crippen LogP contribution in [0, 0.1) is 5.92 Å². The fraction of sp³-hybridized carbons (Fsp3) is 0.700. The van der Waals surface area contributed by atoms with Crippen LogP contribution in [0.15, 0.2) is 6.20 Å². The molecule has 0 N–H and O–H groups in total. The molecule has 1 saturated carbocycles. The lowest BCUT2D eigenvalue weighted by Gasteiger charge is -2.12. The highest BCUT2D eigenvalue weighted by Gasteiger charge is 2.27. The van der Waals surface area contributed by atoms with Gasteiger partial charge in [0.2, 0.25) is 0 Å². The monoisotopic (exact) mass is 193 g/mol. The second-order valence-corrected chi connectivity index (χ2v) is 4.27. The first kappa shape index (κ1) is 9.37. The summed E-state index contributed by atoms with van der Waals surface area (Å²) in [5.74, 6) is 0.865. The van der Waals surface area contributed by atoms with Gasteiger partial charge in [0.25, 0.3) is 0 Å². The number of hydrogen-bond donors (Lipinski definition) is 0. The number of nitrogens with zero attached hydrogens (tertiary/aromatic N) is 3. The van der Waals surface area contributed by atoms with Gasteiger partial charge >= 0.3 is 0 Å². The van der Waals surface area contributed by atoms with Crippen LogP contribution in [-0.4, -0.2) is 21.3 Å². The number of aromatic nitrogens is 3. The summed E-state index contributed by atoms with van der Waals surface area (Å²) in [6.45, 7) is 4.02. The summed E-state index contributed by atoms with van der Waals surface area (Å²) in [7, 11) is 0. The Morgan fingerprint density at radius 3 is 2.79 bits per heavy atom. The number of carbonyl (C=O) groups excluding carboxylic acids is 1. The highest BCUT2D eigenvalue weighted by molar-refractivity contribution is 5.55. The molecule has 0 radical (unpaired) electrons. The molecule has 0 saturated heterocycles. The van der Waals surface area contributed by atoms with Gasteiger partial charge < -0.3 is 4.79 Å². The maximum atomic E-state index is 10.9. The van der Waals surface area contributed by atoms with Crippen LogP contribution in [0.4, 0.5) is 0 Å². The van der Waals surface area contributed by atoms with Gasteiger partial charge in [-0.05, 0) is 18.8 Å². The lowest BCUT2D eigenvalue weighted by molar-refractivity contribution is -0.111. The average Bonchev–Trinajstić information content (AvgIpc) is 2.88. The molecule has 14 heavy (non-hydrogen) atoms. The zero-order chi connectivity index (χ0) is 10.1. The van der Waals surface area contributed by atoms with E-state index in [2.05, 4.69) is 10.3 Å². The summed E-state index contributed by atoms with van der Waals surface area (Å²) in [5, 5.41) is 8.09. The first-order valence-electron chi connectivity index (χ1n) is 5.09. The third kappa shape index (κ3) is 1.69. The Labute approximate surface area is 83.3 Å². The number of hydrogen-bond acceptors (Lipinski definition) is 3. The Hall–Kier alpha value is -1.19. The van der Waals surface area contributed by atoms with Gasteiger partial charge in [0.05, 0.1) is 5.69 Å². The summed E-state index contributed by atoms with van der Waals surface area (Å²) in [6, 6.07) is -0.171. The molecule has 0 spiro atoms. The van der Waals surface area contributed by atoms with Crippen molar-refractivity contribution in [3.05, 3.63) is 11.9 Å². The van der Waals surface area contributed by atoms with E-state index < -0.39 is 0 Å². The lowest BCUT2D eigenvalue weighted by atomic mass is 10.1. The summed E-state index contributed by atoms with van der Waals surface area (Å²) >= 11 is 0. The first-order chi connectivity index (χ1) is 6.72. The van der Waals surface area contributed by atoms with E-state index in [0.717, 1.165) is 12.0 Å². The van der Waals surface area contributed by atoms with Gasteiger partial charge in [-0.25, -0.2) is 4.68 Å². The largest absolute Gasteiger partial charge is 0.301 e. The summed E-state index contributed by atoms with van der Waals surface area (Å²) in [5.41, 5.74) is 1.04. The number of rotatable bonds is 4. The molecular formula is C10H15N3O. The second kappa shape index (κ2) is 3.52. The molecule has 0 aliphatic heterocycles. The molecular weight excluding hydrogens is 178 g/mol. The number of carbonyl (C=O) groups is 1. The van der Waals surface area contributed by atoms with Crippen LogP contribution in [0.2, 0.25) is 0 Å². The molecule has 1 aromatic rings. The predicted octanol–water partition coefficient (Wildman–Crippen LogP) is 1.55. The van der Waals surface area contributed by atoms with Gasteiger partial charge in [-0.15, -0.1) is 5.10 Å². The summed E-state index contributed by atoms with van der Waals surface area (Å²) in [6.07, 6.45) is 5.28. The maximum absolute atomic E-state index is 10.9. The van der Waals surface area contributed by atoms with E-state index in [9.17, 15) is 4.79 Å². The van der Waals surface area contributed by atoms with E-state index in [1.165, 1.54) is 12.8 Å². The number of aldehydes is 1. The molecule has 1 aliphatic carbocycles. The Bertz CT molecular complexity index is 328. The normalized spacial score (nSPS) is 18.5. The smallest absolute Gasteiger partial charge is 0.144 e. The SMILES string of the molecule is CC(C)[C@H](C=O)n1cc(C2CC2)nn1. The summed E-state index contributed by atoms with van der Waals surface area (Å²) in [4.78, 5) is 10.9. The minimum atomic E-state index is -0.171. The van der Waals surface area contributed by atoms with Crippen LogP contribution in [0.3, 0.4) is 0 Å². The molecule has 1 aromatic heterocycles. The fourth-order valence-electron chi connectivity index (χ4n) is 1.53. The van der Waals surface area contributed by atoms with Crippen molar-refractivity contribution in [2.24, 2.45) is 5.92 Å². The third-order valence-corrected chi connectivity index (χ3v) is 2.65. The van der Waals surface area contributed by atoms with Crippen LogP contribution < -0.4 is 0 Å². The molecule has 2 rings (SSSR count). The molecule has 0 bridgehead atoms. The van der Waals surface area contributed by atoms with Crippen LogP contribution in [0.5, 0.6) is 0 Å². The van der Waals surface area contributed by atoms with Gasteiger partial charge in [-0.2, -0.15) is 0 Å². The quantitative estimate of drug-likeness (QED) is 0.682. The van der Waals surface area contributed by atoms with E-state index in [0.29, 0.717) is 5.92 Å². The predicted molar refractivity (Wildman–Crippen MR) is 51.9 cm³/mol. The van der Waals surface area contributed by atoms with Crippen molar-refractivity contribution in [2.45, 2.75) is 38.6 Å². The van der Waals surface area contributed by atoms with Crippen molar-refractivity contribution >= 4 is 6.29 Å². The maximum Gasteiger partial charge on any atom is 0.144 e. The van der Waals surface area contributed by atoms with Crippen molar-refractivity contribution < 1.29 is 4.79 Å². The Kier molecular flexibility index (Phi) is 2.35. The van der Waals surface area contributed by atoms with Crippen LogP contribution >= 0.6 is 0 Å². The minimum absolute atomic E-state index is 0.171. The lowest BCUT2D eigenvalue weighted by Crippen LogP contribution is -2.17. The van der Waals surface area contributed by atoms with Gasteiger partial charge in [-0.1, -0.05) is 19.1 Å². The molecule has 0 unspecified atom stereocenters. The molecule has 1 heterocycles. The summed E-state index contributed by atoms with van der Waals surface area (Å²) < 4.78 is 1.69. The van der Waals surface area contributed by atoms with E-state index in [1.807, 2.05) is 20.0 Å². The van der Waals surface area contributed by atoms with Gasteiger partial charge in [0.1, 0.15) is 12.3 Å². The van der Waals surface area contributed by atoms with Crippen molar-refractivity contribution in [2.75, 3.05) is 0 Å². The minimum Gasteiger partial charge on any atom is -0.301 e. The van der Waals surface area contributed by atoms with Crippen LogP contribution in [0.25, 0.3) is 0 Å². The molecule has 4 nitrogen and oxygen atoms in total. The zero-order valence-corrected chi connectivity index (χ0v) is 8.55.